The second kappa shape index (κ2) is 8.71. The van der Waals surface area contributed by atoms with Gasteiger partial charge in [-0.15, -0.1) is 4.91 Å². The summed E-state index contributed by atoms with van der Waals surface area (Å²) in [6.45, 7) is 2.44. The quantitative estimate of drug-likeness (QED) is 0.560. The Labute approximate surface area is 151 Å². The largest absolute Gasteiger partial charge is 0.349 e. The second-order valence-corrected chi connectivity index (χ2v) is 6.43. The van der Waals surface area contributed by atoms with E-state index in [1.165, 1.54) is 23.2 Å². The topological polar surface area (TPSA) is 56.7 Å². The van der Waals surface area contributed by atoms with E-state index in [0.717, 1.165) is 32.4 Å². The standard InChI is InChI=1S/C19H22F2N4O/c20-15-4-3-5-16(21)19(15)23-17-6-1-2-7-18(17)25(24-26)13-10-14-8-11-22-12-9-14/h1-7,14,22-23H,8-13H2. The van der Waals surface area contributed by atoms with Crippen molar-refractivity contribution in [3.8, 4) is 0 Å². The van der Waals surface area contributed by atoms with Gasteiger partial charge >= 0.3 is 0 Å². The molecule has 0 aliphatic carbocycles. The Morgan fingerprint density at radius 2 is 1.77 bits per heavy atom. The van der Waals surface area contributed by atoms with Crippen molar-refractivity contribution >= 4 is 17.1 Å². The Kier molecular flexibility index (Phi) is 6.12. The monoisotopic (exact) mass is 360 g/mol. The van der Waals surface area contributed by atoms with E-state index in [1.807, 2.05) is 0 Å². The first kappa shape index (κ1) is 18.3. The van der Waals surface area contributed by atoms with Crippen LogP contribution in [0.2, 0.25) is 0 Å². The molecular formula is C19H22F2N4O. The Morgan fingerprint density at radius 1 is 1.08 bits per heavy atom. The lowest BCUT2D eigenvalue weighted by atomic mass is 9.94. The highest BCUT2D eigenvalue weighted by atomic mass is 19.1. The maximum absolute atomic E-state index is 13.9. The van der Waals surface area contributed by atoms with Gasteiger partial charge in [0.15, 0.2) is 0 Å². The number of nitroso groups, excluding NO2 is 1. The number of hydrogen-bond donors (Lipinski definition) is 2. The van der Waals surface area contributed by atoms with Crippen LogP contribution in [0.15, 0.2) is 47.8 Å². The lowest BCUT2D eigenvalue weighted by molar-refractivity contribution is 0.355. The molecule has 1 fully saturated rings. The summed E-state index contributed by atoms with van der Waals surface area (Å²) >= 11 is 0. The minimum Gasteiger partial charge on any atom is -0.349 e. The smallest absolute Gasteiger partial charge is 0.149 e. The van der Waals surface area contributed by atoms with E-state index in [1.54, 1.807) is 24.3 Å². The van der Waals surface area contributed by atoms with Gasteiger partial charge in [0.2, 0.25) is 0 Å². The molecule has 0 spiro atoms. The summed E-state index contributed by atoms with van der Waals surface area (Å²) in [6, 6.07) is 10.6. The number of halogens is 2. The molecule has 0 radical (unpaired) electrons. The molecule has 0 unspecified atom stereocenters. The van der Waals surface area contributed by atoms with Crippen LogP contribution < -0.4 is 15.6 Å². The van der Waals surface area contributed by atoms with Gasteiger partial charge in [-0.3, -0.25) is 0 Å². The first-order valence-electron chi connectivity index (χ1n) is 8.80. The molecule has 2 aromatic rings. The predicted molar refractivity (Wildman–Crippen MR) is 99.4 cm³/mol. The van der Waals surface area contributed by atoms with Crippen molar-refractivity contribution in [3.63, 3.8) is 0 Å². The fourth-order valence-electron chi connectivity index (χ4n) is 3.24. The zero-order valence-electron chi connectivity index (χ0n) is 14.4. The van der Waals surface area contributed by atoms with E-state index >= 15 is 0 Å². The molecular weight excluding hydrogens is 338 g/mol. The maximum Gasteiger partial charge on any atom is 0.149 e. The van der Waals surface area contributed by atoms with E-state index in [4.69, 9.17) is 0 Å². The summed E-state index contributed by atoms with van der Waals surface area (Å²) in [5.74, 6) is -0.843. The molecule has 0 bridgehead atoms. The lowest BCUT2D eigenvalue weighted by Crippen LogP contribution is -2.30. The Balaban J connectivity index is 1.77. The maximum atomic E-state index is 13.9. The number of hydrogen-bond acceptors (Lipinski definition) is 4. The minimum absolute atomic E-state index is 0.246. The summed E-state index contributed by atoms with van der Waals surface area (Å²) < 4.78 is 27.9. The third-order valence-corrected chi connectivity index (χ3v) is 4.71. The van der Waals surface area contributed by atoms with Crippen LogP contribution in [0.5, 0.6) is 0 Å². The van der Waals surface area contributed by atoms with Gasteiger partial charge in [0.05, 0.1) is 16.7 Å². The average Bonchev–Trinajstić information content (AvgIpc) is 2.67. The molecule has 1 heterocycles. The highest BCUT2D eigenvalue weighted by Crippen LogP contribution is 2.32. The molecule has 1 aliphatic rings. The number of nitrogens with one attached hydrogen (secondary N) is 2. The summed E-state index contributed by atoms with van der Waals surface area (Å²) in [4.78, 5) is 11.4. The van der Waals surface area contributed by atoms with E-state index in [0.29, 0.717) is 23.8 Å². The van der Waals surface area contributed by atoms with Crippen molar-refractivity contribution < 1.29 is 8.78 Å². The van der Waals surface area contributed by atoms with Crippen LogP contribution in [0.1, 0.15) is 19.3 Å². The fourth-order valence-corrected chi connectivity index (χ4v) is 3.24. The van der Waals surface area contributed by atoms with Crippen molar-refractivity contribution in [2.24, 2.45) is 11.2 Å². The van der Waals surface area contributed by atoms with Crippen LogP contribution in [0.3, 0.4) is 0 Å². The van der Waals surface area contributed by atoms with Crippen LogP contribution in [0.4, 0.5) is 25.8 Å². The molecule has 1 aliphatic heterocycles. The van der Waals surface area contributed by atoms with Crippen LogP contribution in [-0.4, -0.2) is 19.6 Å². The van der Waals surface area contributed by atoms with Gasteiger partial charge in [-0.2, -0.15) is 0 Å². The van der Waals surface area contributed by atoms with E-state index in [-0.39, 0.29) is 5.69 Å². The van der Waals surface area contributed by atoms with Crippen LogP contribution in [0.25, 0.3) is 0 Å². The summed E-state index contributed by atoms with van der Waals surface area (Å²) in [5, 5.41) is 10.6. The fraction of sp³-hybridized carbons (Fsp3) is 0.368. The van der Waals surface area contributed by atoms with Gasteiger partial charge in [0.1, 0.15) is 17.3 Å². The normalized spacial score (nSPS) is 14.8. The number of piperidine rings is 1. The van der Waals surface area contributed by atoms with E-state index in [2.05, 4.69) is 15.9 Å². The first-order chi connectivity index (χ1) is 12.7. The van der Waals surface area contributed by atoms with Gasteiger partial charge < -0.3 is 10.6 Å². The summed E-state index contributed by atoms with van der Waals surface area (Å²) in [6.07, 6.45) is 3.00. The molecule has 0 aromatic heterocycles. The molecule has 0 saturated carbocycles. The van der Waals surface area contributed by atoms with Crippen LogP contribution >= 0.6 is 0 Å². The SMILES string of the molecule is O=NN(CCC1CCNCC1)c1ccccc1Nc1c(F)cccc1F. The van der Waals surface area contributed by atoms with Crippen molar-refractivity contribution in [2.45, 2.75) is 19.3 Å². The van der Waals surface area contributed by atoms with Gasteiger partial charge in [0, 0.05) is 6.54 Å². The van der Waals surface area contributed by atoms with Gasteiger partial charge in [-0.1, -0.05) is 18.2 Å². The molecule has 26 heavy (non-hydrogen) atoms. The number of para-hydroxylation sites is 3. The number of anilines is 3. The second-order valence-electron chi connectivity index (χ2n) is 6.43. The summed E-state index contributed by atoms with van der Waals surface area (Å²) in [7, 11) is 0. The first-order valence-corrected chi connectivity index (χ1v) is 8.80. The Hall–Kier alpha value is -2.54. The van der Waals surface area contributed by atoms with Crippen molar-refractivity contribution in [3.05, 3.63) is 59.0 Å². The van der Waals surface area contributed by atoms with Gasteiger partial charge in [0.25, 0.3) is 0 Å². The zero-order chi connectivity index (χ0) is 18.4. The van der Waals surface area contributed by atoms with E-state index < -0.39 is 11.6 Å². The highest BCUT2D eigenvalue weighted by Gasteiger charge is 2.18. The molecule has 3 rings (SSSR count). The molecule has 7 heteroatoms. The highest BCUT2D eigenvalue weighted by molar-refractivity contribution is 5.75. The average molecular weight is 360 g/mol. The molecule has 1 saturated heterocycles. The molecule has 5 nitrogen and oxygen atoms in total. The Morgan fingerprint density at radius 3 is 2.46 bits per heavy atom. The van der Waals surface area contributed by atoms with E-state index in [9.17, 15) is 13.7 Å². The minimum atomic E-state index is -0.694. The van der Waals surface area contributed by atoms with Crippen molar-refractivity contribution in [2.75, 3.05) is 30.0 Å². The summed E-state index contributed by atoms with van der Waals surface area (Å²) in [5.41, 5.74) is 0.685. The molecule has 138 valence electrons. The third kappa shape index (κ3) is 4.35. The van der Waals surface area contributed by atoms with Gasteiger partial charge in [-0.25, -0.2) is 13.8 Å². The lowest BCUT2D eigenvalue weighted by Gasteiger charge is -2.25. The predicted octanol–water partition coefficient (Wildman–Crippen LogP) is 4.59. The number of rotatable bonds is 7. The molecule has 2 N–H and O–H groups in total. The molecule has 0 atom stereocenters. The third-order valence-electron chi connectivity index (χ3n) is 4.71. The zero-order valence-corrected chi connectivity index (χ0v) is 14.4. The molecule has 2 aromatic carbocycles. The van der Waals surface area contributed by atoms with Gasteiger partial charge in [-0.05, 0) is 62.5 Å². The number of nitrogens with zero attached hydrogens (tertiary/aromatic N) is 2. The molecule has 0 amide bonds. The van der Waals surface area contributed by atoms with Crippen molar-refractivity contribution in [1.29, 1.82) is 0 Å². The van der Waals surface area contributed by atoms with Crippen molar-refractivity contribution in [1.82, 2.24) is 5.32 Å². The Bertz CT molecular complexity index is 730. The van der Waals surface area contributed by atoms with Crippen LogP contribution in [0, 0.1) is 22.5 Å². The number of benzene rings is 2. The van der Waals surface area contributed by atoms with Crippen LogP contribution in [-0.2, 0) is 0 Å².